The predicted molar refractivity (Wildman–Crippen MR) is 74.6 cm³/mol. The van der Waals surface area contributed by atoms with Gasteiger partial charge in [-0.15, -0.1) is 0 Å². The summed E-state index contributed by atoms with van der Waals surface area (Å²) in [5.74, 6) is -0.818. The second-order valence-electron chi connectivity index (χ2n) is 6.10. The molecule has 0 radical (unpaired) electrons. The van der Waals surface area contributed by atoms with Gasteiger partial charge >= 0.3 is 6.09 Å². The Bertz CT molecular complexity index is 372. The summed E-state index contributed by atoms with van der Waals surface area (Å²) in [4.78, 5) is 34.4. The number of amides is 3. The van der Waals surface area contributed by atoms with Crippen molar-refractivity contribution in [2.75, 3.05) is 6.54 Å². The maximum absolute atomic E-state index is 11.7. The summed E-state index contributed by atoms with van der Waals surface area (Å²) in [6.45, 7) is 10.3. The van der Waals surface area contributed by atoms with Crippen LogP contribution < -0.4 is 16.2 Å². The van der Waals surface area contributed by atoms with E-state index in [-0.39, 0.29) is 12.5 Å². The van der Waals surface area contributed by atoms with Crippen LogP contribution in [0.2, 0.25) is 0 Å². The lowest BCUT2D eigenvalue weighted by molar-refractivity contribution is -0.134. The van der Waals surface area contributed by atoms with E-state index in [4.69, 9.17) is 4.74 Å². The van der Waals surface area contributed by atoms with E-state index in [0.29, 0.717) is 6.42 Å². The zero-order valence-electron chi connectivity index (χ0n) is 13.0. The van der Waals surface area contributed by atoms with Gasteiger partial charge in [0.15, 0.2) is 0 Å². The number of carbonyl (C=O) groups is 3. The Hall–Kier alpha value is -1.79. The fraction of sp³-hybridized carbons (Fsp3) is 0.769. The largest absolute Gasteiger partial charge is 0.444 e. The third-order valence-electron chi connectivity index (χ3n) is 2.61. The summed E-state index contributed by atoms with van der Waals surface area (Å²) >= 11 is 0. The van der Waals surface area contributed by atoms with Crippen LogP contribution in [0.3, 0.4) is 0 Å². The number of rotatable bonds is 4. The van der Waals surface area contributed by atoms with Crippen LogP contribution in [0, 0.1) is 5.41 Å². The minimum Gasteiger partial charge on any atom is -0.444 e. The van der Waals surface area contributed by atoms with E-state index in [1.54, 1.807) is 34.6 Å². The summed E-state index contributed by atoms with van der Waals surface area (Å²) in [5.41, 5.74) is 3.36. The Labute approximate surface area is 119 Å². The van der Waals surface area contributed by atoms with Crippen LogP contribution in [0.15, 0.2) is 0 Å². The van der Waals surface area contributed by atoms with Crippen molar-refractivity contribution in [2.24, 2.45) is 5.41 Å². The molecule has 7 nitrogen and oxygen atoms in total. The van der Waals surface area contributed by atoms with Gasteiger partial charge in [-0.25, -0.2) is 4.79 Å². The second kappa shape index (κ2) is 7.12. The Morgan fingerprint density at radius 1 is 1.00 bits per heavy atom. The first-order valence-corrected chi connectivity index (χ1v) is 6.54. The molecule has 3 N–H and O–H groups in total. The van der Waals surface area contributed by atoms with Crippen LogP contribution >= 0.6 is 0 Å². The van der Waals surface area contributed by atoms with Crippen molar-refractivity contribution in [3.8, 4) is 0 Å². The number of carbonyl (C=O) groups excluding carboxylic acids is 3. The molecule has 0 aliphatic rings. The van der Waals surface area contributed by atoms with Crippen molar-refractivity contribution in [1.82, 2.24) is 16.2 Å². The monoisotopic (exact) mass is 287 g/mol. The number of hydrogen-bond acceptors (Lipinski definition) is 4. The number of hydrogen-bond donors (Lipinski definition) is 3. The van der Waals surface area contributed by atoms with Crippen molar-refractivity contribution in [3.63, 3.8) is 0 Å². The topological polar surface area (TPSA) is 96.5 Å². The molecular formula is C13H25N3O4. The summed E-state index contributed by atoms with van der Waals surface area (Å²) in [5, 5.41) is 2.29. The molecule has 0 fully saturated rings. The lowest BCUT2D eigenvalue weighted by atomic mass is 9.90. The molecule has 0 aromatic rings. The van der Waals surface area contributed by atoms with Crippen LogP contribution in [0.5, 0.6) is 0 Å². The van der Waals surface area contributed by atoms with Crippen molar-refractivity contribution >= 4 is 17.9 Å². The van der Waals surface area contributed by atoms with Crippen LogP contribution in [0.4, 0.5) is 4.79 Å². The van der Waals surface area contributed by atoms with E-state index < -0.39 is 23.0 Å². The minimum absolute atomic E-state index is 0.276. The Balaban J connectivity index is 4.02. The minimum atomic E-state index is -0.687. The van der Waals surface area contributed by atoms with E-state index in [2.05, 4.69) is 16.2 Å². The van der Waals surface area contributed by atoms with Crippen LogP contribution in [0.1, 0.15) is 48.0 Å². The first kappa shape index (κ1) is 18.2. The molecule has 0 rings (SSSR count). The van der Waals surface area contributed by atoms with E-state index in [1.165, 1.54) is 0 Å². The smallest absolute Gasteiger partial charge is 0.408 e. The van der Waals surface area contributed by atoms with Gasteiger partial charge in [0.25, 0.3) is 5.91 Å². The van der Waals surface area contributed by atoms with Gasteiger partial charge in [0.05, 0.1) is 0 Å². The molecule has 0 aromatic carbocycles. The lowest BCUT2D eigenvalue weighted by Crippen LogP contribution is -2.50. The molecule has 0 aromatic heterocycles. The lowest BCUT2D eigenvalue weighted by Gasteiger charge is -2.22. The number of alkyl carbamates (subject to hydrolysis) is 1. The SMILES string of the molecule is CCC(C)(C)C(=O)NNC(=O)CNC(=O)OC(C)(C)C. The third-order valence-corrected chi connectivity index (χ3v) is 2.61. The van der Waals surface area contributed by atoms with Crippen LogP contribution in [-0.2, 0) is 14.3 Å². The van der Waals surface area contributed by atoms with Crippen molar-refractivity contribution in [3.05, 3.63) is 0 Å². The highest BCUT2D eigenvalue weighted by atomic mass is 16.6. The molecule has 0 atom stereocenters. The molecule has 0 bridgehead atoms. The van der Waals surface area contributed by atoms with Gasteiger partial charge in [-0.3, -0.25) is 20.4 Å². The average molecular weight is 287 g/mol. The van der Waals surface area contributed by atoms with Gasteiger partial charge in [-0.05, 0) is 27.2 Å². The predicted octanol–water partition coefficient (Wildman–Crippen LogP) is 1.09. The molecule has 0 saturated carbocycles. The molecule has 0 saturated heterocycles. The number of hydrazine groups is 1. The molecule has 20 heavy (non-hydrogen) atoms. The van der Waals surface area contributed by atoms with Gasteiger partial charge in [0, 0.05) is 5.41 Å². The molecule has 0 heterocycles. The summed E-state index contributed by atoms with van der Waals surface area (Å²) in [6, 6.07) is 0. The first-order valence-electron chi connectivity index (χ1n) is 6.54. The van der Waals surface area contributed by atoms with Gasteiger partial charge in [0.1, 0.15) is 12.1 Å². The first-order chi connectivity index (χ1) is 8.98. The molecule has 0 aliphatic heterocycles. The maximum atomic E-state index is 11.7. The second-order valence-corrected chi connectivity index (χ2v) is 6.10. The fourth-order valence-electron chi connectivity index (χ4n) is 0.967. The quantitative estimate of drug-likeness (QED) is 0.674. The number of nitrogens with one attached hydrogen (secondary N) is 3. The summed E-state index contributed by atoms with van der Waals surface area (Å²) < 4.78 is 4.97. The van der Waals surface area contributed by atoms with E-state index in [0.717, 1.165) is 0 Å². The van der Waals surface area contributed by atoms with Gasteiger partial charge < -0.3 is 10.1 Å². The van der Waals surface area contributed by atoms with Crippen molar-refractivity contribution < 1.29 is 19.1 Å². The highest BCUT2D eigenvalue weighted by molar-refractivity contribution is 5.87. The third kappa shape index (κ3) is 7.60. The molecule has 0 unspecified atom stereocenters. The summed E-state index contributed by atoms with van der Waals surface area (Å²) in [6.07, 6.45) is -0.0434. The maximum Gasteiger partial charge on any atom is 0.408 e. The molecule has 0 spiro atoms. The van der Waals surface area contributed by atoms with Gasteiger partial charge in [-0.2, -0.15) is 0 Å². The van der Waals surface area contributed by atoms with Gasteiger partial charge in [0.2, 0.25) is 5.91 Å². The van der Waals surface area contributed by atoms with Crippen LogP contribution in [-0.4, -0.2) is 30.1 Å². The highest BCUT2D eigenvalue weighted by Crippen LogP contribution is 2.18. The van der Waals surface area contributed by atoms with E-state index in [9.17, 15) is 14.4 Å². The summed E-state index contributed by atoms with van der Waals surface area (Å²) in [7, 11) is 0. The Kier molecular flexibility index (Phi) is 6.48. The standard InChI is InChI=1S/C13H25N3O4/c1-7-13(5,6)10(18)16-15-9(17)8-14-11(19)20-12(2,3)4/h7-8H2,1-6H3,(H,14,19)(H,15,17)(H,16,18). The molecular weight excluding hydrogens is 262 g/mol. The zero-order chi connectivity index (χ0) is 16.0. The van der Waals surface area contributed by atoms with Crippen molar-refractivity contribution in [1.29, 1.82) is 0 Å². The van der Waals surface area contributed by atoms with E-state index in [1.807, 2.05) is 6.92 Å². The van der Waals surface area contributed by atoms with Gasteiger partial charge in [-0.1, -0.05) is 20.8 Å². The Morgan fingerprint density at radius 2 is 1.55 bits per heavy atom. The fourth-order valence-corrected chi connectivity index (χ4v) is 0.967. The zero-order valence-corrected chi connectivity index (χ0v) is 13.0. The van der Waals surface area contributed by atoms with E-state index >= 15 is 0 Å². The van der Waals surface area contributed by atoms with Crippen molar-refractivity contribution in [2.45, 2.75) is 53.6 Å². The molecule has 116 valence electrons. The normalized spacial score (nSPS) is 11.5. The Morgan fingerprint density at radius 3 is 2.00 bits per heavy atom. The highest BCUT2D eigenvalue weighted by Gasteiger charge is 2.25. The average Bonchev–Trinajstić information content (AvgIpc) is 2.31. The van der Waals surface area contributed by atoms with Crippen LogP contribution in [0.25, 0.3) is 0 Å². The molecule has 0 aliphatic carbocycles. The molecule has 7 heteroatoms. The number of ether oxygens (including phenoxy) is 1. The molecule has 3 amide bonds.